The van der Waals surface area contributed by atoms with Gasteiger partial charge in [0, 0.05) is 10.9 Å². The van der Waals surface area contributed by atoms with Crippen LogP contribution in [0.3, 0.4) is 0 Å². The minimum absolute atomic E-state index is 0.409. The summed E-state index contributed by atoms with van der Waals surface area (Å²) < 4.78 is 10.6. The zero-order valence-corrected chi connectivity index (χ0v) is 19.1. The second-order valence-electron chi connectivity index (χ2n) is 7.58. The highest BCUT2D eigenvalue weighted by Gasteiger charge is 2.18. The zero-order chi connectivity index (χ0) is 23.5. The van der Waals surface area contributed by atoms with Crippen LogP contribution in [0, 0.1) is 0 Å². The summed E-state index contributed by atoms with van der Waals surface area (Å²) in [6.45, 7) is -0.409. The molecule has 4 aromatic carbocycles. The van der Waals surface area contributed by atoms with Crippen LogP contribution < -0.4 is 10.1 Å². The van der Waals surface area contributed by atoms with Crippen molar-refractivity contribution in [3.8, 4) is 17.0 Å². The van der Waals surface area contributed by atoms with Crippen molar-refractivity contribution in [2.75, 3.05) is 19.0 Å². The largest absolute Gasteiger partial charge is 0.497 e. The Labute approximate surface area is 199 Å². The van der Waals surface area contributed by atoms with Crippen LogP contribution in [-0.4, -0.2) is 30.6 Å². The van der Waals surface area contributed by atoms with Crippen molar-refractivity contribution in [2.24, 2.45) is 0 Å². The molecule has 0 fully saturated rings. The number of benzene rings is 4. The second kappa shape index (κ2) is 9.33. The summed E-state index contributed by atoms with van der Waals surface area (Å²) >= 11 is 1.30. The monoisotopic (exact) mass is 468 g/mol. The summed E-state index contributed by atoms with van der Waals surface area (Å²) in [5, 5.41) is 8.44. The number of nitrogens with zero attached hydrogens (tertiary/aromatic N) is 1. The van der Waals surface area contributed by atoms with E-state index in [0.717, 1.165) is 38.6 Å². The maximum Gasteiger partial charge on any atom is 0.339 e. The molecular formula is C27H20N2O4S. The average Bonchev–Trinajstić information content (AvgIpc) is 3.34. The van der Waals surface area contributed by atoms with Gasteiger partial charge in [-0.1, -0.05) is 48.5 Å². The van der Waals surface area contributed by atoms with Crippen molar-refractivity contribution >= 4 is 49.9 Å². The highest BCUT2D eigenvalue weighted by atomic mass is 32.1. The van der Waals surface area contributed by atoms with Gasteiger partial charge in [-0.3, -0.25) is 10.1 Å². The van der Waals surface area contributed by atoms with Gasteiger partial charge in [0.05, 0.1) is 18.4 Å². The van der Waals surface area contributed by atoms with Gasteiger partial charge >= 0.3 is 5.97 Å². The molecule has 34 heavy (non-hydrogen) atoms. The number of esters is 1. The number of carbonyl (C=O) groups excluding carboxylic acids is 2. The fourth-order valence-corrected chi connectivity index (χ4v) is 4.55. The summed E-state index contributed by atoms with van der Waals surface area (Å²) in [4.78, 5) is 30.0. The van der Waals surface area contributed by atoms with E-state index in [0.29, 0.717) is 10.7 Å². The Morgan fingerprint density at radius 1 is 0.912 bits per heavy atom. The maximum atomic E-state index is 13.0. The van der Waals surface area contributed by atoms with Gasteiger partial charge in [0.1, 0.15) is 5.75 Å². The number of amides is 1. The summed E-state index contributed by atoms with van der Waals surface area (Å²) in [5.41, 5.74) is 2.10. The van der Waals surface area contributed by atoms with E-state index in [1.54, 1.807) is 7.11 Å². The van der Waals surface area contributed by atoms with Crippen molar-refractivity contribution in [2.45, 2.75) is 0 Å². The van der Waals surface area contributed by atoms with Gasteiger partial charge < -0.3 is 9.47 Å². The number of hydrogen-bond donors (Lipinski definition) is 1. The van der Waals surface area contributed by atoms with Crippen molar-refractivity contribution in [1.82, 2.24) is 4.98 Å². The minimum Gasteiger partial charge on any atom is -0.497 e. The third kappa shape index (κ3) is 4.33. The average molecular weight is 469 g/mol. The summed E-state index contributed by atoms with van der Waals surface area (Å²) in [7, 11) is 1.61. The smallest absolute Gasteiger partial charge is 0.339 e. The van der Waals surface area contributed by atoms with Crippen LogP contribution in [0.15, 0.2) is 84.2 Å². The van der Waals surface area contributed by atoms with Gasteiger partial charge in [-0.25, -0.2) is 9.78 Å². The molecule has 1 aromatic heterocycles. The normalized spacial score (nSPS) is 10.9. The Hall–Kier alpha value is -4.23. The SMILES string of the molecule is COc1ccc(-c2csc(NC(=O)COC(=O)c3c4ccccc4cc4ccccc34)n2)cc1. The lowest BCUT2D eigenvalue weighted by molar-refractivity contribution is -0.119. The Kier molecular flexibility index (Phi) is 5.93. The molecule has 6 nitrogen and oxygen atoms in total. The van der Waals surface area contributed by atoms with Crippen LogP contribution in [0.25, 0.3) is 32.8 Å². The second-order valence-corrected chi connectivity index (χ2v) is 8.44. The molecule has 0 aliphatic carbocycles. The molecule has 0 saturated heterocycles. The Morgan fingerprint density at radius 3 is 2.21 bits per heavy atom. The summed E-state index contributed by atoms with van der Waals surface area (Å²) in [6.07, 6.45) is 0. The Morgan fingerprint density at radius 2 is 1.56 bits per heavy atom. The number of thiazole rings is 1. The first-order valence-electron chi connectivity index (χ1n) is 10.6. The van der Waals surface area contributed by atoms with Gasteiger partial charge in [0.15, 0.2) is 11.7 Å². The number of fused-ring (bicyclic) bond motifs is 2. The Balaban J connectivity index is 1.29. The number of ether oxygens (including phenoxy) is 2. The first-order valence-corrected chi connectivity index (χ1v) is 11.5. The standard InChI is InChI=1S/C27H20N2O4S/c1-32-20-12-10-17(11-13-20)23-16-34-27(28-23)29-24(30)15-33-26(31)25-21-8-4-2-6-18(21)14-19-7-3-5-9-22(19)25/h2-14,16H,15H2,1H3,(H,28,29,30). The number of rotatable bonds is 6. The first-order chi connectivity index (χ1) is 16.6. The molecule has 5 rings (SSSR count). The lowest BCUT2D eigenvalue weighted by atomic mass is 9.97. The van der Waals surface area contributed by atoms with Gasteiger partial charge in [-0.15, -0.1) is 11.3 Å². The fourth-order valence-electron chi connectivity index (χ4n) is 3.82. The molecule has 0 atom stereocenters. The van der Waals surface area contributed by atoms with Crippen LogP contribution in [0.4, 0.5) is 5.13 Å². The Bertz CT molecular complexity index is 1450. The first kappa shape index (κ1) is 21.6. The van der Waals surface area contributed by atoms with E-state index in [1.165, 1.54) is 11.3 Å². The van der Waals surface area contributed by atoms with E-state index in [-0.39, 0.29) is 0 Å². The van der Waals surface area contributed by atoms with Crippen LogP contribution in [-0.2, 0) is 9.53 Å². The third-order valence-corrected chi connectivity index (χ3v) is 6.20. The molecule has 0 bridgehead atoms. The molecule has 0 saturated carbocycles. The minimum atomic E-state index is -0.541. The van der Waals surface area contributed by atoms with E-state index in [2.05, 4.69) is 10.3 Å². The summed E-state index contributed by atoms with van der Waals surface area (Å²) in [5.74, 6) is -0.233. The molecule has 0 unspecified atom stereocenters. The van der Waals surface area contributed by atoms with Gasteiger partial charge in [-0.2, -0.15) is 0 Å². The van der Waals surface area contributed by atoms with Gasteiger partial charge in [0.2, 0.25) is 0 Å². The van der Waals surface area contributed by atoms with E-state index >= 15 is 0 Å². The van der Waals surface area contributed by atoms with E-state index in [4.69, 9.17) is 9.47 Å². The number of aromatic nitrogens is 1. The predicted octanol–water partition coefficient (Wildman–Crippen LogP) is 5.92. The molecule has 1 heterocycles. The molecule has 168 valence electrons. The van der Waals surface area contributed by atoms with E-state index in [1.807, 2.05) is 84.2 Å². The number of methoxy groups -OCH3 is 1. The quantitative estimate of drug-likeness (QED) is 0.247. The van der Waals surface area contributed by atoms with Crippen molar-refractivity contribution in [3.63, 3.8) is 0 Å². The van der Waals surface area contributed by atoms with Crippen LogP contribution in [0.1, 0.15) is 10.4 Å². The predicted molar refractivity (Wildman–Crippen MR) is 134 cm³/mol. The summed E-state index contributed by atoms with van der Waals surface area (Å²) in [6, 6.07) is 24.8. The highest BCUT2D eigenvalue weighted by Crippen LogP contribution is 2.29. The lowest BCUT2D eigenvalue weighted by Crippen LogP contribution is -2.21. The van der Waals surface area contributed by atoms with E-state index < -0.39 is 18.5 Å². The van der Waals surface area contributed by atoms with Gasteiger partial charge in [0.25, 0.3) is 5.91 Å². The molecule has 0 spiro atoms. The number of hydrogen-bond acceptors (Lipinski definition) is 6. The number of anilines is 1. The molecule has 7 heteroatoms. The molecule has 0 aliphatic rings. The van der Waals surface area contributed by atoms with Crippen molar-refractivity contribution < 1.29 is 19.1 Å². The molecule has 1 N–H and O–H groups in total. The fraction of sp³-hybridized carbons (Fsp3) is 0.0741. The molecule has 1 amide bonds. The number of nitrogens with one attached hydrogen (secondary N) is 1. The molecule has 5 aromatic rings. The molecule has 0 radical (unpaired) electrons. The zero-order valence-electron chi connectivity index (χ0n) is 18.3. The maximum absolute atomic E-state index is 13.0. The molecule has 0 aliphatic heterocycles. The topological polar surface area (TPSA) is 77.5 Å². The lowest BCUT2D eigenvalue weighted by Gasteiger charge is -2.11. The highest BCUT2D eigenvalue weighted by molar-refractivity contribution is 7.14. The van der Waals surface area contributed by atoms with Crippen molar-refractivity contribution in [3.05, 3.63) is 89.8 Å². The van der Waals surface area contributed by atoms with Gasteiger partial charge in [-0.05, 0) is 51.9 Å². The third-order valence-electron chi connectivity index (χ3n) is 5.45. The van der Waals surface area contributed by atoms with Crippen LogP contribution in [0.2, 0.25) is 0 Å². The van der Waals surface area contributed by atoms with Crippen LogP contribution in [0.5, 0.6) is 5.75 Å². The number of carbonyl (C=O) groups is 2. The molecular weight excluding hydrogens is 448 g/mol. The van der Waals surface area contributed by atoms with E-state index in [9.17, 15) is 9.59 Å². The van der Waals surface area contributed by atoms with Crippen molar-refractivity contribution in [1.29, 1.82) is 0 Å². The van der Waals surface area contributed by atoms with Crippen LogP contribution >= 0.6 is 11.3 Å².